The molecule has 1 aromatic heterocycles. The molecule has 1 aromatic rings. The first kappa shape index (κ1) is 14.2. The van der Waals surface area contributed by atoms with Gasteiger partial charge in [0, 0.05) is 19.4 Å². The SMILES string of the molecule is COCC1OC(n2ccc(=O)[nH]c2=O)C(F)(Cl)C1O. The van der Waals surface area contributed by atoms with Gasteiger partial charge in [-0.25, -0.2) is 9.18 Å². The van der Waals surface area contributed by atoms with Crippen molar-refractivity contribution in [1.29, 1.82) is 0 Å². The number of nitrogens with zero attached hydrogens (tertiary/aromatic N) is 1. The molecule has 0 bridgehead atoms. The number of ether oxygens (including phenoxy) is 2. The van der Waals surface area contributed by atoms with Crippen LogP contribution in [0.2, 0.25) is 0 Å². The van der Waals surface area contributed by atoms with Gasteiger partial charge < -0.3 is 14.6 Å². The van der Waals surface area contributed by atoms with Gasteiger partial charge in [-0.1, -0.05) is 11.6 Å². The van der Waals surface area contributed by atoms with Gasteiger partial charge in [0.15, 0.2) is 6.23 Å². The van der Waals surface area contributed by atoms with Gasteiger partial charge in [-0.3, -0.25) is 14.3 Å². The smallest absolute Gasteiger partial charge is 0.330 e. The number of aliphatic hydroxyl groups is 1. The van der Waals surface area contributed by atoms with Crippen LogP contribution in [-0.2, 0) is 9.47 Å². The summed E-state index contributed by atoms with van der Waals surface area (Å²) in [6, 6.07) is 1.02. The largest absolute Gasteiger partial charge is 0.385 e. The predicted molar refractivity (Wildman–Crippen MR) is 62.8 cm³/mol. The second kappa shape index (κ2) is 5.04. The summed E-state index contributed by atoms with van der Waals surface area (Å²) >= 11 is 5.61. The Morgan fingerprint density at radius 1 is 1.68 bits per heavy atom. The molecule has 19 heavy (non-hydrogen) atoms. The summed E-state index contributed by atoms with van der Waals surface area (Å²) in [5.41, 5.74) is -1.52. The van der Waals surface area contributed by atoms with Gasteiger partial charge >= 0.3 is 5.69 Å². The summed E-state index contributed by atoms with van der Waals surface area (Å²) in [6.07, 6.45) is -3.20. The fraction of sp³-hybridized carbons (Fsp3) is 0.600. The summed E-state index contributed by atoms with van der Waals surface area (Å²) in [5, 5.41) is 7.02. The molecule has 1 aliphatic heterocycles. The first-order valence-electron chi connectivity index (χ1n) is 5.39. The van der Waals surface area contributed by atoms with E-state index >= 15 is 0 Å². The number of hydrogen-bond acceptors (Lipinski definition) is 5. The van der Waals surface area contributed by atoms with Crippen molar-refractivity contribution < 1.29 is 19.0 Å². The number of rotatable bonds is 3. The number of alkyl halides is 2. The maximum absolute atomic E-state index is 14.3. The molecule has 4 unspecified atom stereocenters. The van der Waals surface area contributed by atoms with Gasteiger partial charge in [-0.05, 0) is 0 Å². The van der Waals surface area contributed by atoms with Crippen molar-refractivity contribution in [3.05, 3.63) is 33.1 Å². The molecule has 1 saturated heterocycles. The van der Waals surface area contributed by atoms with E-state index in [-0.39, 0.29) is 6.61 Å². The van der Waals surface area contributed by atoms with Crippen LogP contribution in [0.4, 0.5) is 4.39 Å². The molecule has 0 aliphatic carbocycles. The van der Waals surface area contributed by atoms with Crippen molar-refractivity contribution in [2.24, 2.45) is 0 Å². The number of aromatic nitrogens is 2. The van der Waals surface area contributed by atoms with Crippen LogP contribution in [0, 0.1) is 0 Å². The van der Waals surface area contributed by atoms with Crippen molar-refractivity contribution >= 4 is 11.6 Å². The minimum absolute atomic E-state index is 0.0891. The summed E-state index contributed by atoms with van der Waals surface area (Å²) in [7, 11) is 1.35. The highest BCUT2D eigenvalue weighted by Gasteiger charge is 2.57. The lowest BCUT2D eigenvalue weighted by Crippen LogP contribution is -2.42. The molecule has 0 amide bonds. The Labute approximate surface area is 111 Å². The molecule has 2 heterocycles. The van der Waals surface area contributed by atoms with E-state index in [4.69, 9.17) is 21.1 Å². The van der Waals surface area contributed by atoms with Crippen LogP contribution in [0.15, 0.2) is 21.9 Å². The number of halogens is 2. The number of hydrogen-bond donors (Lipinski definition) is 2. The monoisotopic (exact) mass is 294 g/mol. The summed E-state index contributed by atoms with van der Waals surface area (Å²) in [6.45, 7) is -0.0891. The number of H-pyrrole nitrogens is 1. The van der Waals surface area contributed by atoms with Crippen LogP contribution in [0.5, 0.6) is 0 Å². The molecule has 7 nitrogen and oxygen atoms in total. The van der Waals surface area contributed by atoms with E-state index in [0.717, 1.165) is 16.8 Å². The number of methoxy groups -OCH3 is 1. The highest BCUT2D eigenvalue weighted by molar-refractivity contribution is 6.23. The van der Waals surface area contributed by atoms with Crippen molar-refractivity contribution in [3.8, 4) is 0 Å². The standard InChI is InChI=1S/C10H12ClFN2O5/c1-18-4-5-7(16)10(11,12)8(19-5)14-3-2-6(15)13-9(14)17/h2-3,5,7-8,16H,4H2,1H3,(H,13,15,17). The third-order valence-corrected chi connectivity index (χ3v) is 3.22. The third kappa shape index (κ3) is 2.44. The summed E-state index contributed by atoms with van der Waals surface area (Å²) in [5.74, 6) is 0. The number of aromatic amines is 1. The molecule has 9 heteroatoms. The van der Waals surface area contributed by atoms with E-state index < -0.39 is 34.8 Å². The molecule has 4 atom stereocenters. The zero-order valence-electron chi connectivity index (χ0n) is 9.88. The average molecular weight is 295 g/mol. The van der Waals surface area contributed by atoms with Gasteiger partial charge in [0.05, 0.1) is 6.61 Å². The fourth-order valence-corrected chi connectivity index (χ4v) is 2.18. The van der Waals surface area contributed by atoms with E-state index in [1.54, 1.807) is 0 Å². The Morgan fingerprint density at radius 2 is 2.37 bits per heavy atom. The van der Waals surface area contributed by atoms with E-state index in [0.29, 0.717) is 0 Å². The van der Waals surface area contributed by atoms with Crippen molar-refractivity contribution in [2.45, 2.75) is 23.6 Å². The van der Waals surface area contributed by atoms with Crippen LogP contribution in [0.1, 0.15) is 6.23 Å². The molecule has 1 aliphatic rings. The molecule has 106 valence electrons. The van der Waals surface area contributed by atoms with Crippen LogP contribution in [-0.4, -0.2) is 45.7 Å². The Bertz CT molecular complexity index is 572. The lowest BCUT2D eigenvalue weighted by atomic mass is 10.1. The second-order valence-corrected chi connectivity index (χ2v) is 4.70. The van der Waals surface area contributed by atoms with Gasteiger partial charge in [0.2, 0.25) is 0 Å². The van der Waals surface area contributed by atoms with Crippen LogP contribution in [0.3, 0.4) is 0 Å². The molecule has 0 radical (unpaired) electrons. The van der Waals surface area contributed by atoms with Crippen LogP contribution in [0.25, 0.3) is 0 Å². The van der Waals surface area contributed by atoms with Gasteiger partial charge in [0.1, 0.15) is 12.2 Å². The molecule has 2 rings (SSSR count). The lowest BCUT2D eigenvalue weighted by molar-refractivity contribution is -0.0591. The normalized spacial score (nSPS) is 34.6. The van der Waals surface area contributed by atoms with Gasteiger partial charge in [0.25, 0.3) is 10.7 Å². The Hall–Kier alpha value is -1.22. The van der Waals surface area contributed by atoms with E-state index in [1.807, 2.05) is 4.98 Å². The average Bonchev–Trinajstić information content (AvgIpc) is 2.54. The van der Waals surface area contributed by atoms with E-state index in [1.165, 1.54) is 7.11 Å². The zero-order valence-corrected chi connectivity index (χ0v) is 10.6. The van der Waals surface area contributed by atoms with E-state index in [2.05, 4.69) is 0 Å². The quantitative estimate of drug-likeness (QED) is 0.722. The predicted octanol–water partition coefficient (Wildman–Crippen LogP) is -0.654. The minimum atomic E-state index is -2.70. The Balaban J connectivity index is 2.39. The Morgan fingerprint density at radius 3 is 2.95 bits per heavy atom. The highest BCUT2D eigenvalue weighted by Crippen LogP contribution is 2.43. The lowest BCUT2D eigenvalue weighted by Gasteiger charge is -2.22. The maximum atomic E-state index is 14.3. The minimum Gasteiger partial charge on any atom is -0.385 e. The van der Waals surface area contributed by atoms with E-state index in [9.17, 15) is 19.1 Å². The molecule has 1 fully saturated rings. The maximum Gasteiger partial charge on any atom is 0.330 e. The molecule has 2 N–H and O–H groups in total. The van der Waals surface area contributed by atoms with Crippen molar-refractivity contribution in [1.82, 2.24) is 9.55 Å². The topological polar surface area (TPSA) is 93.5 Å². The summed E-state index contributed by atoms with van der Waals surface area (Å²) < 4.78 is 25.0. The van der Waals surface area contributed by atoms with Gasteiger partial charge in [-0.15, -0.1) is 0 Å². The molecule has 0 saturated carbocycles. The second-order valence-electron chi connectivity index (χ2n) is 4.12. The van der Waals surface area contributed by atoms with Gasteiger partial charge in [-0.2, -0.15) is 0 Å². The molecule has 0 aromatic carbocycles. The highest BCUT2D eigenvalue weighted by atomic mass is 35.5. The fourth-order valence-electron chi connectivity index (χ4n) is 1.88. The summed E-state index contributed by atoms with van der Waals surface area (Å²) in [4.78, 5) is 24.5. The van der Waals surface area contributed by atoms with Crippen molar-refractivity contribution in [2.75, 3.05) is 13.7 Å². The molecular weight excluding hydrogens is 283 g/mol. The Kier molecular flexibility index (Phi) is 3.77. The van der Waals surface area contributed by atoms with Crippen LogP contribution >= 0.6 is 11.6 Å². The number of nitrogens with one attached hydrogen (secondary N) is 1. The van der Waals surface area contributed by atoms with Crippen LogP contribution < -0.4 is 11.2 Å². The molecule has 0 spiro atoms. The molecular formula is C10H12ClFN2O5. The van der Waals surface area contributed by atoms with Crippen molar-refractivity contribution in [3.63, 3.8) is 0 Å². The zero-order chi connectivity index (χ0) is 14.2. The first-order chi connectivity index (χ1) is 8.87. The number of aliphatic hydroxyl groups excluding tert-OH is 1. The first-order valence-corrected chi connectivity index (χ1v) is 5.77. The third-order valence-electron chi connectivity index (χ3n) is 2.81.